The first-order valence-electron chi connectivity index (χ1n) is 7.39. The molecule has 1 unspecified atom stereocenters. The predicted octanol–water partition coefficient (Wildman–Crippen LogP) is 2.61. The van der Waals surface area contributed by atoms with Gasteiger partial charge in [-0.05, 0) is 30.5 Å². The van der Waals surface area contributed by atoms with Crippen LogP contribution in [0.1, 0.15) is 32.4 Å². The van der Waals surface area contributed by atoms with E-state index < -0.39 is 6.04 Å². The molecule has 0 aliphatic carbocycles. The van der Waals surface area contributed by atoms with Crippen LogP contribution in [-0.4, -0.2) is 36.3 Å². The van der Waals surface area contributed by atoms with Crippen molar-refractivity contribution in [1.82, 2.24) is 10.2 Å². The van der Waals surface area contributed by atoms with Crippen LogP contribution < -0.4 is 11.1 Å². The summed E-state index contributed by atoms with van der Waals surface area (Å²) in [6.45, 7) is 5.45. The van der Waals surface area contributed by atoms with Crippen LogP contribution in [0.3, 0.4) is 0 Å². The standard InChI is InChI=1S/C16H23Cl2N3O2/c1-9(2)15(19)16(23)20-8-14(22)21(4)10(3)12-6-5-11(17)7-13(12)18/h5-7,9-10,15H,8,19H2,1-4H3,(H,20,23)/t10?,15-/m0/s1. The summed E-state index contributed by atoms with van der Waals surface area (Å²) in [5, 5.41) is 3.60. The van der Waals surface area contributed by atoms with Gasteiger partial charge in [0, 0.05) is 17.1 Å². The summed E-state index contributed by atoms with van der Waals surface area (Å²) in [5.74, 6) is -0.554. The number of likely N-dealkylation sites (N-methyl/N-ethyl adjacent to an activating group) is 1. The maximum Gasteiger partial charge on any atom is 0.242 e. The number of hydrogen-bond acceptors (Lipinski definition) is 3. The molecule has 0 aromatic heterocycles. The Morgan fingerprint density at radius 3 is 2.39 bits per heavy atom. The Morgan fingerprint density at radius 2 is 1.87 bits per heavy atom. The molecule has 0 radical (unpaired) electrons. The molecule has 2 amide bonds. The molecule has 0 bridgehead atoms. The zero-order valence-corrected chi connectivity index (χ0v) is 15.3. The molecule has 1 aromatic rings. The Balaban J connectivity index is 2.67. The van der Waals surface area contributed by atoms with Crippen LogP contribution in [-0.2, 0) is 9.59 Å². The van der Waals surface area contributed by atoms with Gasteiger partial charge in [-0.1, -0.05) is 43.1 Å². The molecule has 3 N–H and O–H groups in total. The predicted molar refractivity (Wildman–Crippen MR) is 93.5 cm³/mol. The second kappa shape index (κ2) is 8.52. The Hall–Kier alpha value is -1.30. The van der Waals surface area contributed by atoms with E-state index in [0.29, 0.717) is 10.0 Å². The number of halogens is 2. The minimum absolute atomic E-state index is 0.00892. The van der Waals surface area contributed by atoms with Gasteiger partial charge in [-0.3, -0.25) is 9.59 Å². The van der Waals surface area contributed by atoms with Crippen LogP contribution in [0, 0.1) is 5.92 Å². The van der Waals surface area contributed by atoms with E-state index in [9.17, 15) is 9.59 Å². The second-order valence-corrected chi connectivity index (χ2v) is 6.68. The fourth-order valence-electron chi connectivity index (χ4n) is 1.97. The molecule has 0 fully saturated rings. The Kier molecular flexibility index (Phi) is 7.32. The summed E-state index contributed by atoms with van der Waals surface area (Å²) < 4.78 is 0. The summed E-state index contributed by atoms with van der Waals surface area (Å²) in [7, 11) is 1.66. The lowest BCUT2D eigenvalue weighted by molar-refractivity contribution is -0.133. The lowest BCUT2D eigenvalue weighted by Crippen LogP contribution is -2.47. The largest absolute Gasteiger partial charge is 0.346 e. The summed E-state index contributed by atoms with van der Waals surface area (Å²) in [4.78, 5) is 25.6. The van der Waals surface area contributed by atoms with Crippen molar-refractivity contribution in [2.45, 2.75) is 32.9 Å². The first kappa shape index (κ1) is 19.7. The minimum Gasteiger partial charge on any atom is -0.346 e. The van der Waals surface area contributed by atoms with E-state index in [1.165, 1.54) is 4.90 Å². The quantitative estimate of drug-likeness (QED) is 0.819. The lowest BCUT2D eigenvalue weighted by atomic mass is 10.1. The number of rotatable bonds is 6. The molecule has 7 heteroatoms. The van der Waals surface area contributed by atoms with E-state index in [2.05, 4.69) is 5.32 Å². The highest BCUT2D eigenvalue weighted by atomic mass is 35.5. The highest BCUT2D eigenvalue weighted by molar-refractivity contribution is 6.35. The van der Waals surface area contributed by atoms with E-state index in [1.54, 1.807) is 25.2 Å². The van der Waals surface area contributed by atoms with Crippen LogP contribution >= 0.6 is 23.2 Å². The molecule has 0 aliphatic rings. The van der Waals surface area contributed by atoms with Crippen molar-refractivity contribution in [2.24, 2.45) is 11.7 Å². The van der Waals surface area contributed by atoms with Crippen LogP contribution in [0.5, 0.6) is 0 Å². The van der Waals surface area contributed by atoms with Crippen molar-refractivity contribution in [1.29, 1.82) is 0 Å². The Morgan fingerprint density at radius 1 is 1.26 bits per heavy atom. The third-order valence-electron chi connectivity index (χ3n) is 3.82. The zero-order chi connectivity index (χ0) is 17.7. The molecule has 0 saturated heterocycles. The molecule has 23 heavy (non-hydrogen) atoms. The third-order valence-corrected chi connectivity index (χ3v) is 4.38. The fourth-order valence-corrected chi connectivity index (χ4v) is 2.54. The summed E-state index contributed by atoms with van der Waals surface area (Å²) in [5.41, 5.74) is 6.53. The van der Waals surface area contributed by atoms with Gasteiger partial charge >= 0.3 is 0 Å². The highest BCUT2D eigenvalue weighted by Crippen LogP contribution is 2.28. The fraction of sp³-hybridized carbons (Fsp3) is 0.500. The summed E-state index contributed by atoms with van der Waals surface area (Å²) in [6, 6.07) is 4.27. The molecule has 1 rings (SSSR count). The Labute approximate surface area is 147 Å². The highest BCUT2D eigenvalue weighted by Gasteiger charge is 2.22. The van der Waals surface area contributed by atoms with Gasteiger partial charge in [-0.25, -0.2) is 0 Å². The number of hydrogen-bond donors (Lipinski definition) is 2. The van der Waals surface area contributed by atoms with Crippen molar-refractivity contribution in [2.75, 3.05) is 13.6 Å². The van der Waals surface area contributed by atoms with Crippen molar-refractivity contribution in [3.8, 4) is 0 Å². The van der Waals surface area contributed by atoms with Crippen LogP contribution in [0.2, 0.25) is 10.0 Å². The molecule has 5 nitrogen and oxygen atoms in total. The molecular formula is C16H23Cl2N3O2. The smallest absolute Gasteiger partial charge is 0.242 e. The molecule has 0 spiro atoms. The van der Waals surface area contributed by atoms with E-state index in [1.807, 2.05) is 20.8 Å². The van der Waals surface area contributed by atoms with Crippen LogP contribution in [0.15, 0.2) is 18.2 Å². The number of amides is 2. The molecule has 0 aliphatic heterocycles. The van der Waals surface area contributed by atoms with E-state index in [0.717, 1.165) is 5.56 Å². The van der Waals surface area contributed by atoms with E-state index in [-0.39, 0.29) is 30.3 Å². The Bertz CT molecular complexity index is 578. The van der Waals surface area contributed by atoms with Gasteiger partial charge < -0.3 is 16.0 Å². The van der Waals surface area contributed by atoms with Crippen molar-refractivity contribution in [3.05, 3.63) is 33.8 Å². The first-order chi connectivity index (χ1) is 10.6. The van der Waals surface area contributed by atoms with Crippen molar-refractivity contribution in [3.63, 3.8) is 0 Å². The maximum absolute atomic E-state index is 12.2. The third kappa shape index (κ3) is 5.37. The van der Waals surface area contributed by atoms with E-state index in [4.69, 9.17) is 28.9 Å². The molecule has 1 aromatic carbocycles. The van der Waals surface area contributed by atoms with Gasteiger partial charge in [0.15, 0.2) is 0 Å². The average Bonchev–Trinajstić information content (AvgIpc) is 2.49. The SMILES string of the molecule is CC(C)[C@H](N)C(=O)NCC(=O)N(C)C(C)c1ccc(Cl)cc1Cl. The molecule has 0 heterocycles. The number of carbonyl (C=O) groups is 2. The van der Waals surface area contributed by atoms with Crippen LogP contribution in [0.4, 0.5) is 0 Å². The van der Waals surface area contributed by atoms with Crippen molar-refractivity contribution < 1.29 is 9.59 Å². The number of nitrogens with two attached hydrogens (primary N) is 1. The maximum atomic E-state index is 12.2. The minimum atomic E-state index is -0.628. The average molecular weight is 360 g/mol. The molecular weight excluding hydrogens is 337 g/mol. The molecule has 0 saturated carbocycles. The lowest BCUT2D eigenvalue weighted by Gasteiger charge is -2.26. The van der Waals surface area contributed by atoms with Gasteiger partial charge in [0.1, 0.15) is 0 Å². The number of benzene rings is 1. The summed E-state index contributed by atoms with van der Waals surface area (Å²) >= 11 is 12.0. The number of carbonyl (C=O) groups excluding carboxylic acids is 2. The monoisotopic (exact) mass is 359 g/mol. The molecule has 2 atom stereocenters. The van der Waals surface area contributed by atoms with Gasteiger partial charge in [-0.15, -0.1) is 0 Å². The molecule has 128 valence electrons. The van der Waals surface area contributed by atoms with Gasteiger partial charge in [0.2, 0.25) is 11.8 Å². The zero-order valence-electron chi connectivity index (χ0n) is 13.8. The normalized spacial score (nSPS) is 13.6. The van der Waals surface area contributed by atoms with Gasteiger partial charge in [0.05, 0.1) is 18.6 Å². The van der Waals surface area contributed by atoms with Crippen molar-refractivity contribution >= 4 is 35.0 Å². The second-order valence-electron chi connectivity index (χ2n) is 5.83. The first-order valence-corrected chi connectivity index (χ1v) is 8.14. The number of nitrogens with zero attached hydrogens (tertiary/aromatic N) is 1. The number of nitrogens with one attached hydrogen (secondary N) is 1. The van der Waals surface area contributed by atoms with E-state index >= 15 is 0 Å². The van der Waals surface area contributed by atoms with Crippen LogP contribution in [0.25, 0.3) is 0 Å². The topological polar surface area (TPSA) is 75.4 Å². The van der Waals surface area contributed by atoms with Gasteiger partial charge in [0.25, 0.3) is 0 Å². The summed E-state index contributed by atoms with van der Waals surface area (Å²) in [6.07, 6.45) is 0. The van der Waals surface area contributed by atoms with Gasteiger partial charge in [-0.2, -0.15) is 0 Å².